The van der Waals surface area contributed by atoms with Gasteiger partial charge in [0.2, 0.25) is 10.0 Å². The summed E-state index contributed by atoms with van der Waals surface area (Å²) in [6, 6.07) is 9.37. The zero-order valence-corrected chi connectivity index (χ0v) is 15.3. The number of ether oxygens (including phenoxy) is 1. The van der Waals surface area contributed by atoms with E-state index in [-0.39, 0.29) is 17.2 Å². The first-order valence-corrected chi connectivity index (χ1v) is 9.72. The fourth-order valence-corrected chi connectivity index (χ4v) is 4.42. The van der Waals surface area contributed by atoms with Crippen molar-refractivity contribution in [1.29, 1.82) is 0 Å². The van der Waals surface area contributed by atoms with Gasteiger partial charge >= 0.3 is 0 Å². The molecular weight excluding hydrogens is 356 g/mol. The second-order valence-electron chi connectivity index (χ2n) is 6.08. The summed E-state index contributed by atoms with van der Waals surface area (Å²) in [6.07, 6.45) is 0.550. The van der Waals surface area contributed by atoms with Crippen molar-refractivity contribution in [3.8, 4) is 11.5 Å². The van der Waals surface area contributed by atoms with E-state index in [4.69, 9.17) is 4.74 Å². The Bertz CT molecular complexity index is 956. The number of carbonyl (C=O) groups is 1. The highest BCUT2D eigenvalue weighted by atomic mass is 32.2. The van der Waals surface area contributed by atoms with E-state index in [2.05, 4.69) is 5.32 Å². The molecule has 1 heterocycles. The Kier molecular flexibility index (Phi) is 4.78. The lowest BCUT2D eigenvalue weighted by atomic mass is 10.1. The van der Waals surface area contributed by atoms with Gasteiger partial charge in [-0.25, -0.2) is 8.42 Å². The maximum absolute atomic E-state index is 12.5. The number of amides is 1. The van der Waals surface area contributed by atoms with Crippen molar-refractivity contribution in [3.05, 3.63) is 47.5 Å². The van der Waals surface area contributed by atoms with Crippen LogP contribution in [0.4, 0.5) is 11.4 Å². The Morgan fingerprint density at radius 1 is 1.23 bits per heavy atom. The van der Waals surface area contributed by atoms with Crippen molar-refractivity contribution >= 4 is 27.3 Å². The molecule has 1 amide bonds. The molecule has 0 unspecified atom stereocenters. The number of phenols is 1. The van der Waals surface area contributed by atoms with Gasteiger partial charge in [-0.1, -0.05) is 6.07 Å². The zero-order valence-electron chi connectivity index (χ0n) is 14.5. The predicted molar refractivity (Wildman–Crippen MR) is 99.5 cm³/mol. The van der Waals surface area contributed by atoms with Crippen LogP contribution in [0.3, 0.4) is 0 Å². The SMILES string of the molecule is COc1cc(C(=O)Nc2cc(N3CCCS3(=O)=O)ccc2O)ccc1C. The van der Waals surface area contributed by atoms with Gasteiger partial charge in [0.25, 0.3) is 5.91 Å². The number of carbonyl (C=O) groups excluding carboxylic acids is 1. The normalized spacial score (nSPS) is 15.7. The number of nitrogens with one attached hydrogen (secondary N) is 1. The van der Waals surface area contributed by atoms with Crippen molar-refractivity contribution in [3.63, 3.8) is 0 Å². The van der Waals surface area contributed by atoms with Crippen molar-refractivity contribution < 1.29 is 23.1 Å². The summed E-state index contributed by atoms with van der Waals surface area (Å²) in [7, 11) is -1.82. The van der Waals surface area contributed by atoms with Crippen molar-refractivity contribution in [1.82, 2.24) is 0 Å². The standard InChI is InChI=1S/C18H20N2O5S/c1-12-4-5-13(10-17(12)25-2)18(22)19-15-11-14(6-7-16(15)21)20-8-3-9-26(20,23)24/h4-7,10-11,21H,3,8-9H2,1-2H3,(H,19,22). The Hall–Kier alpha value is -2.74. The number of aryl methyl sites for hydroxylation is 1. The lowest BCUT2D eigenvalue weighted by Crippen LogP contribution is -2.25. The minimum absolute atomic E-state index is 0.0960. The topological polar surface area (TPSA) is 95.9 Å². The first-order chi connectivity index (χ1) is 12.3. The molecule has 0 radical (unpaired) electrons. The van der Waals surface area contributed by atoms with Crippen LogP contribution < -0.4 is 14.4 Å². The highest BCUT2D eigenvalue weighted by Crippen LogP contribution is 2.32. The van der Waals surface area contributed by atoms with Crippen LogP contribution in [-0.4, -0.2) is 38.8 Å². The van der Waals surface area contributed by atoms with Crippen molar-refractivity contribution in [2.45, 2.75) is 13.3 Å². The summed E-state index contributed by atoms with van der Waals surface area (Å²) in [6.45, 7) is 2.25. The maximum atomic E-state index is 12.5. The van der Waals surface area contributed by atoms with E-state index in [9.17, 15) is 18.3 Å². The Morgan fingerprint density at radius 2 is 2.00 bits per heavy atom. The second-order valence-corrected chi connectivity index (χ2v) is 8.09. The first-order valence-electron chi connectivity index (χ1n) is 8.11. The molecule has 0 aromatic heterocycles. The van der Waals surface area contributed by atoms with Crippen molar-refractivity contribution in [2.75, 3.05) is 29.0 Å². The Morgan fingerprint density at radius 3 is 2.65 bits per heavy atom. The van der Waals surface area contributed by atoms with Crippen LogP contribution in [0.2, 0.25) is 0 Å². The summed E-state index contributed by atoms with van der Waals surface area (Å²) >= 11 is 0. The number of anilines is 2. The fourth-order valence-electron chi connectivity index (χ4n) is 2.86. The molecule has 8 heteroatoms. The van der Waals surface area contributed by atoms with E-state index in [1.165, 1.54) is 29.6 Å². The summed E-state index contributed by atoms with van der Waals surface area (Å²) in [5.74, 6) is 0.107. The van der Waals surface area contributed by atoms with E-state index >= 15 is 0 Å². The summed E-state index contributed by atoms with van der Waals surface area (Å²) < 4.78 is 30.6. The lowest BCUT2D eigenvalue weighted by molar-refractivity contribution is 0.102. The molecule has 0 bridgehead atoms. The molecule has 1 aliphatic heterocycles. The van der Waals surface area contributed by atoms with Gasteiger partial charge in [-0.15, -0.1) is 0 Å². The molecule has 3 rings (SSSR count). The van der Waals surface area contributed by atoms with Gasteiger partial charge in [-0.2, -0.15) is 0 Å². The number of methoxy groups -OCH3 is 1. The van der Waals surface area contributed by atoms with Crippen LogP contribution in [0.5, 0.6) is 11.5 Å². The molecule has 138 valence electrons. The van der Waals surface area contributed by atoms with Crippen LogP contribution >= 0.6 is 0 Å². The quantitative estimate of drug-likeness (QED) is 0.800. The van der Waals surface area contributed by atoms with Crippen LogP contribution in [0, 0.1) is 6.92 Å². The fraction of sp³-hybridized carbons (Fsp3) is 0.278. The monoisotopic (exact) mass is 376 g/mol. The average Bonchev–Trinajstić information content (AvgIpc) is 2.96. The molecule has 0 saturated carbocycles. The van der Waals surface area contributed by atoms with Gasteiger partial charge in [-0.3, -0.25) is 9.10 Å². The number of hydrogen-bond donors (Lipinski definition) is 2. The number of aromatic hydroxyl groups is 1. The molecule has 0 spiro atoms. The van der Waals surface area contributed by atoms with Crippen LogP contribution in [0.25, 0.3) is 0 Å². The number of sulfonamides is 1. The van der Waals surface area contributed by atoms with Gasteiger partial charge < -0.3 is 15.2 Å². The number of hydrogen-bond acceptors (Lipinski definition) is 5. The molecule has 2 N–H and O–H groups in total. The van der Waals surface area contributed by atoms with Gasteiger partial charge in [0.05, 0.1) is 24.2 Å². The van der Waals surface area contributed by atoms with E-state index in [1.54, 1.807) is 18.2 Å². The summed E-state index contributed by atoms with van der Waals surface area (Å²) in [5, 5.41) is 12.7. The van der Waals surface area contributed by atoms with Gasteiger partial charge in [0.1, 0.15) is 11.5 Å². The predicted octanol–water partition coefficient (Wildman–Crippen LogP) is 2.50. The first kappa shape index (κ1) is 18.1. The van der Waals surface area contributed by atoms with E-state index in [1.807, 2.05) is 6.92 Å². The van der Waals surface area contributed by atoms with Gasteiger partial charge in [0.15, 0.2) is 0 Å². The molecule has 1 saturated heterocycles. The van der Waals surface area contributed by atoms with Crippen LogP contribution in [-0.2, 0) is 10.0 Å². The molecular formula is C18H20N2O5S. The number of rotatable bonds is 4. The number of phenolic OH excluding ortho intramolecular Hbond substituents is 1. The van der Waals surface area contributed by atoms with E-state index in [0.717, 1.165) is 5.56 Å². The van der Waals surface area contributed by atoms with E-state index in [0.29, 0.717) is 30.0 Å². The van der Waals surface area contributed by atoms with Gasteiger partial charge in [0, 0.05) is 12.1 Å². The second kappa shape index (κ2) is 6.87. The van der Waals surface area contributed by atoms with Crippen molar-refractivity contribution in [2.24, 2.45) is 0 Å². The molecule has 1 fully saturated rings. The molecule has 7 nitrogen and oxygen atoms in total. The zero-order chi connectivity index (χ0) is 18.9. The largest absolute Gasteiger partial charge is 0.506 e. The average molecular weight is 376 g/mol. The van der Waals surface area contributed by atoms with Gasteiger partial charge in [-0.05, 0) is 49.2 Å². The van der Waals surface area contributed by atoms with E-state index < -0.39 is 15.9 Å². The summed E-state index contributed by atoms with van der Waals surface area (Å²) in [5.41, 5.74) is 1.82. The molecule has 2 aromatic rings. The maximum Gasteiger partial charge on any atom is 0.255 e. The highest BCUT2D eigenvalue weighted by molar-refractivity contribution is 7.93. The summed E-state index contributed by atoms with van der Waals surface area (Å²) in [4.78, 5) is 12.5. The molecule has 0 aliphatic carbocycles. The van der Waals surface area contributed by atoms with Crippen LogP contribution in [0.1, 0.15) is 22.3 Å². The molecule has 26 heavy (non-hydrogen) atoms. The smallest absolute Gasteiger partial charge is 0.255 e. The third kappa shape index (κ3) is 3.45. The lowest BCUT2D eigenvalue weighted by Gasteiger charge is -2.18. The third-order valence-corrected chi connectivity index (χ3v) is 6.16. The number of benzene rings is 2. The minimum Gasteiger partial charge on any atom is -0.506 e. The molecule has 0 atom stereocenters. The molecule has 1 aliphatic rings. The Balaban J connectivity index is 1.88. The minimum atomic E-state index is -3.34. The van der Waals surface area contributed by atoms with Crippen LogP contribution in [0.15, 0.2) is 36.4 Å². The highest BCUT2D eigenvalue weighted by Gasteiger charge is 2.29. The Labute approximate surface area is 152 Å². The molecule has 2 aromatic carbocycles. The number of nitrogens with zero attached hydrogens (tertiary/aromatic N) is 1. The third-order valence-electron chi connectivity index (χ3n) is 4.29.